The molecule has 5 rings (SSSR count). The number of aromatic nitrogens is 1. The number of rotatable bonds is 9. The first-order valence-electron chi connectivity index (χ1n) is 13.5. The van der Waals surface area contributed by atoms with Crippen molar-refractivity contribution < 1.29 is 28.5 Å². The van der Waals surface area contributed by atoms with Crippen LogP contribution in [0, 0.1) is 5.82 Å². The fourth-order valence-corrected chi connectivity index (χ4v) is 5.11. The number of hydrogen-bond acceptors (Lipinski definition) is 7. The van der Waals surface area contributed by atoms with E-state index in [0.717, 1.165) is 22.3 Å². The number of amides is 1. The van der Waals surface area contributed by atoms with Gasteiger partial charge in [-0.1, -0.05) is 12.1 Å². The SMILES string of the molecule is COc1ccc(CN(Cc2cc3ccc(F)cc3nc2N2CCC(O)CC2)C(=O)c2cc(OC)cc(OC)c2)cc1. The largest absolute Gasteiger partial charge is 0.497 e. The molecule has 0 saturated carbocycles. The Morgan fingerprint density at radius 3 is 2.20 bits per heavy atom. The van der Waals surface area contributed by atoms with Gasteiger partial charge >= 0.3 is 0 Å². The second-order valence-electron chi connectivity index (χ2n) is 10.1. The Kier molecular flexibility index (Phi) is 8.54. The highest BCUT2D eigenvalue weighted by atomic mass is 19.1. The van der Waals surface area contributed by atoms with Gasteiger partial charge in [-0.3, -0.25) is 4.79 Å². The lowest BCUT2D eigenvalue weighted by Gasteiger charge is -2.33. The number of ether oxygens (including phenoxy) is 3. The van der Waals surface area contributed by atoms with E-state index in [4.69, 9.17) is 19.2 Å². The third kappa shape index (κ3) is 6.52. The summed E-state index contributed by atoms with van der Waals surface area (Å²) in [5, 5.41) is 10.9. The predicted molar refractivity (Wildman–Crippen MR) is 155 cm³/mol. The normalized spacial score (nSPS) is 13.7. The first-order valence-corrected chi connectivity index (χ1v) is 13.5. The quantitative estimate of drug-likeness (QED) is 0.302. The molecule has 0 aliphatic carbocycles. The van der Waals surface area contributed by atoms with Crippen molar-refractivity contribution in [3.8, 4) is 17.2 Å². The number of aliphatic hydroxyl groups excluding tert-OH is 1. The molecule has 1 aliphatic heterocycles. The molecule has 1 fully saturated rings. The molecule has 1 aromatic heterocycles. The van der Waals surface area contributed by atoms with Crippen LogP contribution in [0.25, 0.3) is 10.9 Å². The van der Waals surface area contributed by atoms with E-state index in [2.05, 4.69) is 4.90 Å². The van der Waals surface area contributed by atoms with E-state index in [1.807, 2.05) is 30.3 Å². The zero-order chi connectivity index (χ0) is 28.9. The van der Waals surface area contributed by atoms with Crippen LogP contribution in [0.5, 0.6) is 17.2 Å². The van der Waals surface area contributed by atoms with Gasteiger partial charge in [-0.15, -0.1) is 0 Å². The van der Waals surface area contributed by atoms with Crippen LogP contribution >= 0.6 is 0 Å². The summed E-state index contributed by atoms with van der Waals surface area (Å²) in [6.45, 7) is 1.80. The van der Waals surface area contributed by atoms with Gasteiger partial charge in [0.25, 0.3) is 5.91 Å². The van der Waals surface area contributed by atoms with E-state index >= 15 is 0 Å². The van der Waals surface area contributed by atoms with Crippen LogP contribution in [0.2, 0.25) is 0 Å². The highest BCUT2D eigenvalue weighted by Crippen LogP contribution is 2.30. The highest BCUT2D eigenvalue weighted by molar-refractivity contribution is 5.95. The molecule has 4 aromatic rings. The van der Waals surface area contributed by atoms with Crippen molar-refractivity contribution in [2.24, 2.45) is 0 Å². The molecule has 1 N–H and O–H groups in total. The van der Waals surface area contributed by atoms with Crippen LogP contribution in [-0.2, 0) is 13.1 Å². The van der Waals surface area contributed by atoms with Crippen LogP contribution in [0.3, 0.4) is 0 Å². The number of hydrogen-bond donors (Lipinski definition) is 1. The maximum atomic E-state index is 14.1. The van der Waals surface area contributed by atoms with Gasteiger partial charge < -0.3 is 29.1 Å². The van der Waals surface area contributed by atoms with E-state index in [-0.39, 0.29) is 24.4 Å². The number of methoxy groups -OCH3 is 3. The molecule has 0 spiro atoms. The molecule has 8 nitrogen and oxygen atoms in total. The second kappa shape index (κ2) is 12.4. The monoisotopic (exact) mass is 559 g/mol. The summed E-state index contributed by atoms with van der Waals surface area (Å²) < 4.78 is 30.3. The van der Waals surface area contributed by atoms with Gasteiger partial charge in [-0.05, 0) is 60.9 Å². The van der Waals surface area contributed by atoms with Crippen molar-refractivity contribution in [1.29, 1.82) is 0 Å². The van der Waals surface area contributed by atoms with Gasteiger partial charge in [0.05, 0.1) is 33.0 Å². The molecule has 2 heterocycles. The maximum absolute atomic E-state index is 14.1. The summed E-state index contributed by atoms with van der Waals surface area (Å²) in [6, 6.07) is 19.2. The second-order valence-corrected chi connectivity index (χ2v) is 10.1. The van der Waals surface area contributed by atoms with Gasteiger partial charge in [0.2, 0.25) is 0 Å². The van der Waals surface area contributed by atoms with E-state index < -0.39 is 0 Å². The number of piperidine rings is 1. The first kappa shape index (κ1) is 28.2. The molecule has 41 heavy (non-hydrogen) atoms. The number of anilines is 1. The van der Waals surface area contributed by atoms with Gasteiger partial charge in [0, 0.05) is 54.8 Å². The maximum Gasteiger partial charge on any atom is 0.254 e. The Morgan fingerprint density at radius 2 is 1.56 bits per heavy atom. The number of nitrogens with zero attached hydrogens (tertiary/aromatic N) is 3. The summed E-state index contributed by atoms with van der Waals surface area (Å²) in [6.07, 6.45) is 0.865. The molecule has 0 unspecified atom stereocenters. The summed E-state index contributed by atoms with van der Waals surface area (Å²) in [7, 11) is 4.70. The molecule has 1 amide bonds. The van der Waals surface area contributed by atoms with Gasteiger partial charge in [-0.25, -0.2) is 9.37 Å². The molecule has 1 aliphatic rings. The summed E-state index contributed by atoms with van der Waals surface area (Å²) in [5.74, 6) is 1.87. The molecule has 0 atom stereocenters. The first-order chi connectivity index (χ1) is 19.9. The van der Waals surface area contributed by atoms with E-state index in [1.54, 1.807) is 50.5 Å². The van der Waals surface area contributed by atoms with E-state index in [1.165, 1.54) is 12.1 Å². The third-order valence-corrected chi connectivity index (χ3v) is 7.38. The van der Waals surface area contributed by atoms with Crippen LogP contribution in [0.1, 0.15) is 34.3 Å². The van der Waals surface area contributed by atoms with Gasteiger partial charge in [0.1, 0.15) is 28.9 Å². The minimum absolute atomic E-state index is 0.211. The topological polar surface area (TPSA) is 84.4 Å². The molecule has 9 heteroatoms. The number of carbonyl (C=O) groups excluding carboxylic acids is 1. The lowest BCUT2D eigenvalue weighted by molar-refractivity contribution is 0.0729. The summed E-state index contributed by atoms with van der Waals surface area (Å²) >= 11 is 0. The van der Waals surface area contributed by atoms with E-state index in [0.29, 0.717) is 60.9 Å². The summed E-state index contributed by atoms with van der Waals surface area (Å²) in [4.78, 5) is 22.9. The molecule has 1 saturated heterocycles. The average molecular weight is 560 g/mol. The fraction of sp³-hybridized carbons (Fsp3) is 0.312. The van der Waals surface area contributed by atoms with Crippen molar-refractivity contribution >= 4 is 22.6 Å². The number of benzene rings is 3. The Labute approximate surface area is 238 Å². The zero-order valence-electron chi connectivity index (χ0n) is 23.5. The Morgan fingerprint density at radius 1 is 0.902 bits per heavy atom. The molecule has 3 aromatic carbocycles. The fourth-order valence-electron chi connectivity index (χ4n) is 5.11. The van der Waals surface area contributed by atoms with Crippen LogP contribution in [0.15, 0.2) is 66.7 Å². The minimum Gasteiger partial charge on any atom is -0.497 e. The standard InChI is InChI=1S/C32H34FN3O5/c1-39-27-8-4-21(5-9-27)19-36(32(38)23-15-28(40-2)18-29(16-23)41-3)20-24-14-22-6-7-25(33)17-30(22)34-31(24)35-12-10-26(37)11-13-35/h4-9,14-18,26,37H,10-13,19-20H2,1-3H3. The van der Waals surface area contributed by atoms with Crippen molar-refractivity contribution in [1.82, 2.24) is 9.88 Å². The van der Waals surface area contributed by atoms with Gasteiger partial charge in [-0.2, -0.15) is 0 Å². The van der Waals surface area contributed by atoms with Crippen LogP contribution < -0.4 is 19.1 Å². The Bertz CT molecular complexity index is 1500. The molecular weight excluding hydrogens is 525 g/mol. The van der Waals surface area contributed by atoms with Crippen LogP contribution in [-0.4, -0.2) is 61.4 Å². The van der Waals surface area contributed by atoms with Crippen molar-refractivity contribution in [2.75, 3.05) is 39.3 Å². The number of halogens is 1. The van der Waals surface area contributed by atoms with E-state index in [9.17, 15) is 14.3 Å². The number of pyridine rings is 1. The average Bonchev–Trinajstić information content (AvgIpc) is 3.00. The van der Waals surface area contributed by atoms with Crippen molar-refractivity contribution in [2.45, 2.75) is 32.0 Å². The number of aliphatic hydroxyl groups is 1. The molecule has 214 valence electrons. The van der Waals surface area contributed by atoms with Crippen LogP contribution in [0.4, 0.5) is 10.2 Å². The Hall–Kier alpha value is -4.37. The lowest BCUT2D eigenvalue weighted by Crippen LogP contribution is -2.38. The smallest absolute Gasteiger partial charge is 0.254 e. The molecular formula is C32H34FN3O5. The van der Waals surface area contributed by atoms with Crippen molar-refractivity contribution in [3.63, 3.8) is 0 Å². The zero-order valence-corrected chi connectivity index (χ0v) is 23.5. The van der Waals surface area contributed by atoms with Gasteiger partial charge in [0.15, 0.2) is 0 Å². The predicted octanol–water partition coefficient (Wildman–Crippen LogP) is 5.20. The molecule has 0 bridgehead atoms. The highest BCUT2D eigenvalue weighted by Gasteiger charge is 2.25. The Balaban J connectivity index is 1.57. The molecule has 0 radical (unpaired) electrons. The number of carbonyl (C=O) groups is 1. The third-order valence-electron chi connectivity index (χ3n) is 7.38. The number of fused-ring (bicyclic) bond motifs is 1. The van der Waals surface area contributed by atoms with Crippen molar-refractivity contribution in [3.05, 3.63) is 89.2 Å². The minimum atomic E-state index is -0.360. The lowest BCUT2D eigenvalue weighted by atomic mass is 10.0. The summed E-state index contributed by atoms with van der Waals surface area (Å²) in [5.41, 5.74) is 2.72.